The third kappa shape index (κ3) is 3.73. The summed E-state index contributed by atoms with van der Waals surface area (Å²) in [5.74, 6) is 0.236. The Kier molecular flexibility index (Phi) is 5.13. The Labute approximate surface area is 185 Å². The van der Waals surface area contributed by atoms with Crippen LogP contribution >= 0.6 is 0 Å². The smallest absolute Gasteiger partial charge is 0.322 e. The first-order valence-corrected chi connectivity index (χ1v) is 10.8. The van der Waals surface area contributed by atoms with E-state index >= 15 is 0 Å². The monoisotopic (exact) mass is 429 g/mol. The number of oxazole rings is 1. The van der Waals surface area contributed by atoms with E-state index in [4.69, 9.17) is 4.42 Å². The van der Waals surface area contributed by atoms with Crippen molar-refractivity contribution in [3.05, 3.63) is 83.5 Å². The number of nitrogens with one attached hydrogen (secondary N) is 1. The summed E-state index contributed by atoms with van der Waals surface area (Å²) in [7, 11) is 0. The molecule has 2 amide bonds. The van der Waals surface area contributed by atoms with Crippen LogP contribution in [0.3, 0.4) is 0 Å². The van der Waals surface area contributed by atoms with Crippen LogP contribution in [0.2, 0.25) is 0 Å². The van der Waals surface area contributed by atoms with Crippen molar-refractivity contribution in [3.8, 4) is 11.1 Å². The van der Waals surface area contributed by atoms with Crippen molar-refractivity contribution < 1.29 is 13.6 Å². The van der Waals surface area contributed by atoms with Crippen molar-refractivity contribution in [2.75, 3.05) is 11.9 Å². The first-order chi connectivity index (χ1) is 15.5. The molecule has 1 saturated heterocycles. The average Bonchev–Trinajstić information content (AvgIpc) is 3.42. The van der Waals surface area contributed by atoms with Crippen LogP contribution < -0.4 is 5.32 Å². The van der Waals surface area contributed by atoms with E-state index in [0.29, 0.717) is 29.1 Å². The van der Waals surface area contributed by atoms with Gasteiger partial charge in [-0.2, -0.15) is 0 Å². The Morgan fingerprint density at radius 3 is 2.78 bits per heavy atom. The third-order valence-electron chi connectivity index (χ3n) is 6.01. The number of carbonyl (C=O) groups excluding carboxylic acids is 1. The summed E-state index contributed by atoms with van der Waals surface area (Å²) in [6.45, 7) is 4.65. The summed E-state index contributed by atoms with van der Waals surface area (Å²) in [6.07, 6.45) is 1.66. The minimum Gasteiger partial charge on any atom is -0.438 e. The molecule has 1 aliphatic heterocycles. The van der Waals surface area contributed by atoms with Crippen LogP contribution in [-0.4, -0.2) is 22.5 Å². The molecule has 3 aromatic carbocycles. The summed E-state index contributed by atoms with van der Waals surface area (Å²) in [5, 5.41) is 3.03. The molecule has 1 atom stereocenters. The fourth-order valence-corrected chi connectivity index (χ4v) is 4.36. The Hall–Kier alpha value is -3.67. The quantitative estimate of drug-likeness (QED) is 0.398. The highest BCUT2D eigenvalue weighted by Crippen LogP contribution is 2.35. The Morgan fingerprint density at radius 2 is 1.97 bits per heavy atom. The molecule has 0 saturated carbocycles. The molecule has 5 nitrogen and oxygen atoms in total. The molecular formula is C26H24FN3O2. The summed E-state index contributed by atoms with van der Waals surface area (Å²) in [6, 6.07) is 17.7. The van der Waals surface area contributed by atoms with Gasteiger partial charge in [0.1, 0.15) is 17.4 Å². The molecule has 2 heterocycles. The molecule has 1 aliphatic rings. The summed E-state index contributed by atoms with van der Waals surface area (Å²) in [5.41, 5.74) is 5.53. The van der Waals surface area contributed by atoms with Gasteiger partial charge in [-0.15, -0.1) is 0 Å². The molecule has 6 heteroatoms. The fraction of sp³-hybridized carbons (Fsp3) is 0.231. The van der Waals surface area contributed by atoms with Crippen molar-refractivity contribution >= 4 is 22.8 Å². The second-order valence-electron chi connectivity index (χ2n) is 8.31. The molecule has 0 unspecified atom stereocenters. The van der Waals surface area contributed by atoms with Gasteiger partial charge in [0.25, 0.3) is 0 Å². The van der Waals surface area contributed by atoms with Crippen molar-refractivity contribution in [1.29, 1.82) is 0 Å². The van der Waals surface area contributed by atoms with Gasteiger partial charge < -0.3 is 14.6 Å². The second-order valence-corrected chi connectivity index (χ2v) is 8.31. The molecule has 0 radical (unpaired) electrons. The van der Waals surface area contributed by atoms with Crippen LogP contribution in [0.15, 0.2) is 65.1 Å². The second kappa shape index (κ2) is 8.11. The van der Waals surface area contributed by atoms with Gasteiger partial charge in [-0.1, -0.05) is 42.0 Å². The van der Waals surface area contributed by atoms with E-state index < -0.39 is 0 Å². The van der Waals surface area contributed by atoms with E-state index in [-0.39, 0.29) is 17.9 Å². The predicted molar refractivity (Wildman–Crippen MR) is 123 cm³/mol. The number of rotatable bonds is 3. The van der Waals surface area contributed by atoms with Gasteiger partial charge in [-0.05, 0) is 62.1 Å². The zero-order chi connectivity index (χ0) is 22.2. The number of nitrogens with zero attached hydrogens (tertiary/aromatic N) is 2. The lowest BCUT2D eigenvalue weighted by Gasteiger charge is -2.23. The Morgan fingerprint density at radius 1 is 1.12 bits per heavy atom. The zero-order valence-electron chi connectivity index (χ0n) is 18.1. The predicted octanol–water partition coefficient (Wildman–Crippen LogP) is 6.62. The normalized spacial score (nSPS) is 16.0. The SMILES string of the molecule is Cc1ccc(NC(=O)N2CCC[C@H]2c2nc3cc(-c4ccccc4F)ccc3o2)c(C)c1. The highest BCUT2D eigenvalue weighted by molar-refractivity contribution is 5.90. The van der Waals surface area contributed by atoms with Crippen molar-refractivity contribution in [3.63, 3.8) is 0 Å². The maximum atomic E-state index is 14.2. The molecule has 0 aliphatic carbocycles. The molecule has 1 N–H and O–H groups in total. The number of hydrogen-bond donors (Lipinski definition) is 1. The highest BCUT2D eigenvalue weighted by atomic mass is 19.1. The molecular weight excluding hydrogens is 405 g/mol. The molecule has 162 valence electrons. The van der Waals surface area contributed by atoms with E-state index in [0.717, 1.165) is 35.2 Å². The van der Waals surface area contributed by atoms with Crippen LogP contribution in [0.25, 0.3) is 22.2 Å². The number of amides is 2. The molecule has 1 fully saturated rings. The van der Waals surface area contributed by atoms with Gasteiger partial charge in [-0.25, -0.2) is 14.2 Å². The number of benzene rings is 3. The lowest BCUT2D eigenvalue weighted by molar-refractivity contribution is 0.199. The number of aryl methyl sites for hydroxylation is 2. The summed E-state index contributed by atoms with van der Waals surface area (Å²) >= 11 is 0. The Balaban J connectivity index is 1.41. The lowest BCUT2D eigenvalue weighted by Crippen LogP contribution is -2.34. The zero-order valence-corrected chi connectivity index (χ0v) is 18.1. The van der Waals surface area contributed by atoms with E-state index in [1.165, 1.54) is 6.07 Å². The maximum absolute atomic E-state index is 14.2. The van der Waals surface area contributed by atoms with E-state index in [9.17, 15) is 9.18 Å². The number of fused-ring (bicyclic) bond motifs is 1. The van der Waals surface area contributed by atoms with Gasteiger partial charge in [0.2, 0.25) is 5.89 Å². The molecule has 4 aromatic rings. The van der Waals surface area contributed by atoms with E-state index in [1.54, 1.807) is 17.0 Å². The van der Waals surface area contributed by atoms with E-state index in [2.05, 4.69) is 10.3 Å². The van der Waals surface area contributed by atoms with Crippen LogP contribution in [0.1, 0.15) is 35.9 Å². The first kappa shape index (κ1) is 20.2. The minimum atomic E-state index is -0.277. The van der Waals surface area contributed by atoms with Crippen molar-refractivity contribution in [1.82, 2.24) is 9.88 Å². The minimum absolute atomic E-state index is 0.159. The molecule has 1 aromatic heterocycles. The van der Waals surface area contributed by atoms with Gasteiger partial charge in [-0.3, -0.25) is 0 Å². The summed E-state index contributed by atoms with van der Waals surface area (Å²) in [4.78, 5) is 19.5. The number of likely N-dealkylation sites (tertiary alicyclic amines) is 1. The van der Waals surface area contributed by atoms with Crippen molar-refractivity contribution in [2.24, 2.45) is 0 Å². The molecule has 5 rings (SSSR count). The third-order valence-corrected chi connectivity index (χ3v) is 6.01. The summed E-state index contributed by atoms with van der Waals surface area (Å²) < 4.78 is 20.2. The number of aromatic nitrogens is 1. The van der Waals surface area contributed by atoms with Gasteiger partial charge >= 0.3 is 6.03 Å². The topological polar surface area (TPSA) is 58.4 Å². The van der Waals surface area contributed by atoms with Gasteiger partial charge in [0, 0.05) is 17.8 Å². The Bertz CT molecular complexity index is 1310. The van der Waals surface area contributed by atoms with Crippen LogP contribution in [0.4, 0.5) is 14.9 Å². The van der Waals surface area contributed by atoms with Crippen molar-refractivity contribution in [2.45, 2.75) is 32.7 Å². The number of halogens is 1. The fourth-order valence-electron chi connectivity index (χ4n) is 4.36. The first-order valence-electron chi connectivity index (χ1n) is 10.8. The average molecular weight is 429 g/mol. The van der Waals surface area contributed by atoms with Crippen LogP contribution in [0, 0.1) is 19.7 Å². The standard InChI is InChI=1S/C26H24FN3O2/c1-16-9-11-21(17(2)14-16)29-26(31)30-13-5-8-23(30)25-28-22-15-18(10-12-24(22)32-25)19-6-3-4-7-20(19)27/h3-4,6-7,9-12,14-15,23H,5,8,13H2,1-2H3,(H,29,31)/t23-/m0/s1. The number of anilines is 1. The number of carbonyl (C=O) groups is 1. The highest BCUT2D eigenvalue weighted by Gasteiger charge is 2.34. The number of hydrogen-bond acceptors (Lipinski definition) is 3. The lowest BCUT2D eigenvalue weighted by atomic mass is 10.0. The van der Waals surface area contributed by atoms with Crippen LogP contribution in [-0.2, 0) is 0 Å². The van der Waals surface area contributed by atoms with Crippen LogP contribution in [0.5, 0.6) is 0 Å². The molecule has 32 heavy (non-hydrogen) atoms. The molecule has 0 spiro atoms. The largest absolute Gasteiger partial charge is 0.438 e. The van der Waals surface area contributed by atoms with Gasteiger partial charge in [0.15, 0.2) is 5.58 Å². The van der Waals surface area contributed by atoms with Gasteiger partial charge in [0.05, 0.1) is 0 Å². The van der Waals surface area contributed by atoms with E-state index in [1.807, 2.05) is 56.3 Å². The maximum Gasteiger partial charge on any atom is 0.322 e. The number of urea groups is 1. The molecule has 0 bridgehead atoms.